The molecule has 2 aliphatic rings. The van der Waals surface area contributed by atoms with E-state index in [9.17, 15) is 9.59 Å². The molecule has 1 aliphatic heterocycles. The second-order valence-corrected chi connectivity index (χ2v) is 10.8. The Balaban J connectivity index is 1.49. The van der Waals surface area contributed by atoms with Crippen molar-refractivity contribution in [1.82, 2.24) is 5.32 Å². The second-order valence-electron chi connectivity index (χ2n) is 10.8. The van der Waals surface area contributed by atoms with E-state index in [0.717, 1.165) is 22.4 Å². The number of rotatable bonds is 12. The van der Waals surface area contributed by atoms with E-state index in [1.165, 1.54) is 0 Å². The molecule has 1 aliphatic carbocycles. The highest BCUT2D eigenvalue weighted by Gasteiger charge is 2.41. The molecule has 8 nitrogen and oxygen atoms in total. The van der Waals surface area contributed by atoms with Crippen molar-refractivity contribution in [1.29, 1.82) is 0 Å². The summed E-state index contributed by atoms with van der Waals surface area (Å²) in [7, 11) is 3.20. The summed E-state index contributed by atoms with van der Waals surface area (Å²) in [6.07, 6.45) is 0.893. The summed E-state index contributed by atoms with van der Waals surface area (Å²) in [5, 5.41) is 3.41. The molecule has 0 radical (unpaired) electrons. The first-order valence-corrected chi connectivity index (χ1v) is 14.9. The largest absolute Gasteiger partial charge is 0.493 e. The Kier molecular flexibility index (Phi) is 10.0. The third kappa shape index (κ3) is 6.81. The van der Waals surface area contributed by atoms with Crippen LogP contribution in [0.15, 0.2) is 95.3 Å². The van der Waals surface area contributed by atoms with E-state index in [4.69, 9.17) is 23.7 Å². The molecule has 0 spiro atoms. The SMILES string of the molecule is CCOCCOC(=O)C1=C(C)NC2=C(C(=O)C[C@H](c3ccc(OC)c(OC)c3)C2)[C@H]1c1cccc(OCc2ccccc2)c1. The number of nitrogens with one attached hydrogen (secondary N) is 1. The first kappa shape index (κ1) is 30.9. The molecule has 0 unspecified atom stereocenters. The van der Waals surface area contributed by atoms with E-state index in [1.54, 1.807) is 14.2 Å². The Hall–Kier alpha value is -4.56. The standard InChI is InChI=1S/C36H39NO7/c1-5-42-16-17-43-36(39)33-23(2)37-29-19-27(25-14-15-31(40-3)32(21-25)41-4)20-30(38)35(29)34(33)26-12-9-13-28(18-26)44-22-24-10-7-6-8-11-24/h6-15,18,21,27,34,37H,5,16-17,19-20,22H2,1-4H3/t27-,34+/m1/s1. The highest BCUT2D eigenvalue weighted by atomic mass is 16.6. The maximum atomic E-state index is 14.1. The van der Waals surface area contributed by atoms with Gasteiger partial charge in [-0.2, -0.15) is 0 Å². The first-order valence-electron chi connectivity index (χ1n) is 14.9. The Morgan fingerprint density at radius 2 is 1.68 bits per heavy atom. The van der Waals surface area contributed by atoms with Crippen LogP contribution in [0.5, 0.6) is 17.2 Å². The Morgan fingerprint density at radius 1 is 0.886 bits per heavy atom. The summed E-state index contributed by atoms with van der Waals surface area (Å²) in [6.45, 7) is 5.10. The number of benzene rings is 3. The van der Waals surface area contributed by atoms with Crippen molar-refractivity contribution < 1.29 is 33.3 Å². The van der Waals surface area contributed by atoms with Crippen LogP contribution in [0.25, 0.3) is 0 Å². The van der Waals surface area contributed by atoms with Gasteiger partial charge in [0.2, 0.25) is 0 Å². The maximum absolute atomic E-state index is 14.1. The molecule has 1 N–H and O–H groups in total. The van der Waals surface area contributed by atoms with Gasteiger partial charge in [0, 0.05) is 35.9 Å². The molecule has 0 bridgehead atoms. The van der Waals surface area contributed by atoms with E-state index in [2.05, 4.69) is 5.32 Å². The topological polar surface area (TPSA) is 92.3 Å². The molecule has 5 rings (SSSR count). The first-order chi connectivity index (χ1) is 21.4. The molecule has 3 aromatic carbocycles. The van der Waals surface area contributed by atoms with E-state index in [0.29, 0.717) is 66.8 Å². The van der Waals surface area contributed by atoms with Gasteiger partial charge in [0.1, 0.15) is 19.0 Å². The summed E-state index contributed by atoms with van der Waals surface area (Å²) >= 11 is 0. The fourth-order valence-electron chi connectivity index (χ4n) is 5.93. The molecule has 44 heavy (non-hydrogen) atoms. The zero-order valence-electron chi connectivity index (χ0n) is 25.7. The van der Waals surface area contributed by atoms with Crippen LogP contribution in [0.4, 0.5) is 0 Å². The van der Waals surface area contributed by atoms with Crippen molar-refractivity contribution in [2.75, 3.05) is 34.0 Å². The highest BCUT2D eigenvalue weighted by molar-refractivity contribution is 6.04. The number of hydrogen-bond acceptors (Lipinski definition) is 8. The number of carbonyl (C=O) groups excluding carboxylic acids is 2. The predicted octanol–water partition coefficient (Wildman–Crippen LogP) is 6.22. The van der Waals surface area contributed by atoms with Gasteiger partial charge in [0.25, 0.3) is 0 Å². The van der Waals surface area contributed by atoms with E-state index in [1.807, 2.05) is 86.6 Å². The van der Waals surface area contributed by atoms with Crippen LogP contribution in [0.1, 0.15) is 55.2 Å². The highest BCUT2D eigenvalue weighted by Crippen LogP contribution is 2.47. The van der Waals surface area contributed by atoms with Crippen LogP contribution in [0.3, 0.4) is 0 Å². The van der Waals surface area contributed by atoms with Crippen molar-refractivity contribution >= 4 is 11.8 Å². The molecule has 0 aromatic heterocycles. The van der Waals surface area contributed by atoms with Crippen LogP contribution in [-0.2, 0) is 25.7 Å². The Labute approximate surface area is 258 Å². The van der Waals surface area contributed by atoms with Gasteiger partial charge in [0.05, 0.1) is 26.4 Å². The lowest BCUT2D eigenvalue weighted by Gasteiger charge is -2.37. The Bertz CT molecular complexity index is 1560. The van der Waals surface area contributed by atoms with Gasteiger partial charge in [-0.05, 0) is 67.1 Å². The molecule has 1 heterocycles. The van der Waals surface area contributed by atoms with Crippen molar-refractivity contribution in [2.45, 2.75) is 45.1 Å². The number of Topliss-reactive ketones (excluding diaryl/α,β-unsaturated/α-hetero) is 1. The average molecular weight is 598 g/mol. The number of ketones is 1. The van der Waals surface area contributed by atoms with Crippen molar-refractivity contribution in [3.05, 3.63) is 112 Å². The van der Waals surface area contributed by atoms with Crippen LogP contribution in [-0.4, -0.2) is 45.8 Å². The molecular formula is C36H39NO7. The molecule has 0 saturated carbocycles. The predicted molar refractivity (Wildman–Crippen MR) is 167 cm³/mol. The fraction of sp³-hybridized carbons (Fsp3) is 0.333. The number of dihydropyridines is 1. The molecular weight excluding hydrogens is 558 g/mol. The third-order valence-electron chi connectivity index (χ3n) is 8.03. The summed E-state index contributed by atoms with van der Waals surface area (Å²) < 4.78 is 28.1. The minimum absolute atomic E-state index is 0.0220. The minimum Gasteiger partial charge on any atom is -0.493 e. The lowest BCUT2D eigenvalue weighted by atomic mass is 9.71. The molecule has 0 saturated heterocycles. The van der Waals surface area contributed by atoms with Crippen molar-refractivity contribution in [3.8, 4) is 17.2 Å². The van der Waals surface area contributed by atoms with Crippen LogP contribution in [0.2, 0.25) is 0 Å². The molecule has 8 heteroatoms. The monoisotopic (exact) mass is 597 g/mol. The van der Waals surface area contributed by atoms with Crippen molar-refractivity contribution in [3.63, 3.8) is 0 Å². The van der Waals surface area contributed by atoms with Gasteiger partial charge in [-0.15, -0.1) is 0 Å². The van der Waals surface area contributed by atoms with E-state index in [-0.39, 0.29) is 18.3 Å². The maximum Gasteiger partial charge on any atom is 0.336 e. The van der Waals surface area contributed by atoms with Gasteiger partial charge < -0.3 is 29.0 Å². The zero-order chi connectivity index (χ0) is 31.1. The van der Waals surface area contributed by atoms with Gasteiger partial charge >= 0.3 is 5.97 Å². The molecule has 0 amide bonds. The smallest absolute Gasteiger partial charge is 0.336 e. The summed E-state index contributed by atoms with van der Waals surface area (Å²) in [4.78, 5) is 27.6. The summed E-state index contributed by atoms with van der Waals surface area (Å²) in [5.74, 6) is 0.734. The van der Waals surface area contributed by atoms with E-state index >= 15 is 0 Å². The van der Waals surface area contributed by atoms with E-state index < -0.39 is 11.9 Å². The molecule has 230 valence electrons. The quantitative estimate of drug-likeness (QED) is 0.194. The van der Waals surface area contributed by atoms with Gasteiger partial charge in [-0.25, -0.2) is 4.79 Å². The number of carbonyl (C=O) groups is 2. The van der Waals surface area contributed by atoms with Crippen LogP contribution < -0.4 is 19.5 Å². The van der Waals surface area contributed by atoms with Gasteiger partial charge in [0.15, 0.2) is 17.3 Å². The normalized spacial score (nSPS) is 18.0. The van der Waals surface area contributed by atoms with Crippen LogP contribution >= 0.6 is 0 Å². The minimum atomic E-state index is -0.607. The zero-order valence-corrected chi connectivity index (χ0v) is 25.7. The molecule has 0 fully saturated rings. The summed E-state index contributed by atoms with van der Waals surface area (Å²) in [5.41, 5.74) is 5.29. The Morgan fingerprint density at radius 3 is 2.43 bits per heavy atom. The number of hydrogen-bond donors (Lipinski definition) is 1. The fourth-order valence-corrected chi connectivity index (χ4v) is 5.93. The summed E-state index contributed by atoms with van der Waals surface area (Å²) in [6, 6.07) is 23.3. The number of ether oxygens (including phenoxy) is 5. The van der Waals surface area contributed by atoms with Gasteiger partial charge in [-0.3, -0.25) is 4.79 Å². The second kappa shape index (κ2) is 14.3. The molecule has 3 aromatic rings. The van der Waals surface area contributed by atoms with Crippen molar-refractivity contribution in [2.24, 2.45) is 0 Å². The number of allylic oxidation sites excluding steroid dienone is 3. The average Bonchev–Trinajstić information content (AvgIpc) is 3.05. The third-order valence-corrected chi connectivity index (χ3v) is 8.03. The van der Waals surface area contributed by atoms with Gasteiger partial charge in [-0.1, -0.05) is 48.5 Å². The number of methoxy groups -OCH3 is 2. The number of esters is 1. The lowest BCUT2D eigenvalue weighted by Crippen LogP contribution is -2.36. The molecule has 2 atom stereocenters. The lowest BCUT2D eigenvalue weighted by molar-refractivity contribution is -0.140. The van der Waals surface area contributed by atoms with Crippen LogP contribution in [0, 0.1) is 0 Å².